The Labute approximate surface area is 174 Å². The highest BCUT2D eigenvalue weighted by molar-refractivity contribution is 9.10. The Bertz CT molecular complexity index is 1050. The van der Waals surface area contributed by atoms with E-state index in [1.807, 2.05) is 30.3 Å². The summed E-state index contributed by atoms with van der Waals surface area (Å²) in [5.74, 6) is 0.303. The molecule has 0 fully saturated rings. The molecule has 4 rings (SSSR count). The molecule has 1 aliphatic carbocycles. The lowest BCUT2D eigenvalue weighted by molar-refractivity contribution is 0.0975. The normalized spacial score (nSPS) is 13.1. The number of amides is 1. The highest BCUT2D eigenvalue weighted by atomic mass is 79.9. The number of ether oxygens (including phenoxy) is 1. The van der Waals surface area contributed by atoms with Gasteiger partial charge in [-0.15, -0.1) is 0 Å². The molecule has 0 saturated heterocycles. The Morgan fingerprint density at radius 3 is 2.86 bits per heavy atom. The number of anilines is 1. The van der Waals surface area contributed by atoms with Gasteiger partial charge in [0, 0.05) is 10.9 Å². The number of thiazole rings is 1. The topological polar surface area (TPSA) is 68.3 Å². The highest BCUT2D eigenvalue weighted by Crippen LogP contribution is 2.30. The molecule has 0 aliphatic heterocycles. The zero-order valence-electron chi connectivity index (χ0n) is 14.9. The highest BCUT2D eigenvalue weighted by Gasteiger charge is 2.23. The Hall–Kier alpha value is -2.51. The first-order valence-electron chi connectivity index (χ1n) is 8.90. The van der Waals surface area contributed by atoms with Gasteiger partial charge in [-0.05, 0) is 42.7 Å². The first-order valence-corrected chi connectivity index (χ1v) is 10.5. The zero-order valence-corrected chi connectivity index (χ0v) is 17.3. The molecule has 1 aromatic heterocycles. The smallest absolute Gasteiger partial charge is 0.261 e. The number of para-hydroxylation sites is 1. The lowest BCUT2D eigenvalue weighted by atomic mass is 10.0. The number of hydrogen-bond acceptors (Lipinski definition) is 5. The van der Waals surface area contributed by atoms with Gasteiger partial charge in [-0.1, -0.05) is 51.5 Å². The maximum Gasteiger partial charge on any atom is 0.261 e. The Balaban J connectivity index is 1.50. The standard InChI is InChI=1S/C21H17BrN2O3S/c22-14-6-3-5-13(11-14)12-27-18-10-2-1-7-15(18)20(26)24-21-23-16-8-4-9-17(25)19(16)28-21/h1-3,5-7,10-11H,4,8-9,12H2,(H,23,24,26). The average Bonchev–Trinajstić information content (AvgIpc) is 3.10. The Morgan fingerprint density at radius 1 is 1.18 bits per heavy atom. The van der Waals surface area contributed by atoms with E-state index in [2.05, 4.69) is 26.2 Å². The van der Waals surface area contributed by atoms with Crippen molar-refractivity contribution in [1.29, 1.82) is 0 Å². The summed E-state index contributed by atoms with van der Waals surface area (Å²) in [5, 5.41) is 3.26. The van der Waals surface area contributed by atoms with Crippen LogP contribution in [0, 0.1) is 0 Å². The fourth-order valence-corrected chi connectivity index (χ4v) is 4.48. The molecule has 1 amide bonds. The van der Waals surface area contributed by atoms with Gasteiger partial charge in [-0.2, -0.15) is 0 Å². The van der Waals surface area contributed by atoms with Crippen LogP contribution in [0.5, 0.6) is 5.75 Å². The minimum Gasteiger partial charge on any atom is -0.488 e. The van der Waals surface area contributed by atoms with Crippen molar-refractivity contribution in [1.82, 2.24) is 4.98 Å². The molecule has 2 aromatic carbocycles. The fraction of sp³-hybridized carbons (Fsp3) is 0.190. The summed E-state index contributed by atoms with van der Waals surface area (Å²) >= 11 is 4.69. The fourth-order valence-electron chi connectivity index (χ4n) is 3.05. The van der Waals surface area contributed by atoms with Crippen LogP contribution in [0.25, 0.3) is 0 Å². The van der Waals surface area contributed by atoms with Crippen molar-refractivity contribution in [3.8, 4) is 5.75 Å². The minimum atomic E-state index is -0.302. The van der Waals surface area contributed by atoms with Crippen LogP contribution in [0.1, 0.15) is 44.1 Å². The number of fused-ring (bicyclic) bond motifs is 1. The number of nitrogens with one attached hydrogen (secondary N) is 1. The molecule has 142 valence electrons. The molecule has 3 aromatic rings. The summed E-state index contributed by atoms with van der Waals surface area (Å²) < 4.78 is 6.86. The molecule has 5 nitrogen and oxygen atoms in total. The third-order valence-corrected chi connectivity index (χ3v) is 5.95. The molecule has 1 heterocycles. The van der Waals surface area contributed by atoms with Crippen LogP contribution in [0.2, 0.25) is 0 Å². The number of rotatable bonds is 5. The number of carbonyl (C=O) groups is 2. The second-order valence-corrected chi connectivity index (χ2v) is 8.36. The van der Waals surface area contributed by atoms with Crippen molar-refractivity contribution >= 4 is 44.1 Å². The van der Waals surface area contributed by atoms with Gasteiger partial charge in [-0.25, -0.2) is 4.98 Å². The lowest BCUT2D eigenvalue weighted by Crippen LogP contribution is -2.13. The second-order valence-electron chi connectivity index (χ2n) is 6.44. The van der Waals surface area contributed by atoms with Crippen molar-refractivity contribution < 1.29 is 14.3 Å². The first-order chi connectivity index (χ1) is 13.6. The summed E-state index contributed by atoms with van der Waals surface area (Å²) in [6, 6.07) is 14.9. The molecule has 0 spiro atoms. The number of nitrogens with zero attached hydrogens (tertiary/aromatic N) is 1. The molecule has 0 bridgehead atoms. The number of hydrogen-bond donors (Lipinski definition) is 1. The maximum atomic E-state index is 12.8. The van der Waals surface area contributed by atoms with Gasteiger partial charge >= 0.3 is 0 Å². The van der Waals surface area contributed by atoms with E-state index in [4.69, 9.17) is 4.74 Å². The van der Waals surface area contributed by atoms with Gasteiger partial charge in [0.1, 0.15) is 12.4 Å². The molecule has 0 atom stereocenters. The van der Waals surface area contributed by atoms with Crippen LogP contribution in [0.4, 0.5) is 5.13 Å². The van der Waals surface area contributed by atoms with E-state index < -0.39 is 0 Å². The van der Waals surface area contributed by atoms with Gasteiger partial charge in [0.2, 0.25) is 0 Å². The number of Topliss-reactive ketones (excluding diaryl/α,β-unsaturated/α-hetero) is 1. The van der Waals surface area contributed by atoms with Crippen molar-refractivity contribution in [2.75, 3.05) is 5.32 Å². The summed E-state index contributed by atoms with van der Waals surface area (Å²) in [5.41, 5.74) is 2.21. The van der Waals surface area contributed by atoms with Gasteiger partial charge in [0.15, 0.2) is 10.9 Å². The van der Waals surface area contributed by atoms with Gasteiger partial charge < -0.3 is 4.74 Å². The summed E-state index contributed by atoms with van der Waals surface area (Å²) in [7, 11) is 0. The molecule has 0 saturated carbocycles. The van der Waals surface area contributed by atoms with E-state index in [0.717, 1.165) is 28.6 Å². The second kappa shape index (κ2) is 8.24. The SMILES string of the molecule is O=C(Nc1nc2c(s1)C(=O)CCC2)c1ccccc1OCc1cccc(Br)c1. The number of benzene rings is 2. The average molecular weight is 457 g/mol. The third kappa shape index (κ3) is 4.15. The van der Waals surface area contributed by atoms with E-state index in [-0.39, 0.29) is 11.7 Å². The molecule has 1 aliphatic rings. The summed E-state index contributed by atoms with van der Waals surface area (Å²) in [6.07, 6.45) is 2.14. The van der Waals surface area contributed by atoms with Crippen molar-refractivity contribution in [3.05, 3.63) is 74.7 Å². The van der Waals surface area contributed by atoms with Crippen molar-refractivity contribution in [3.63, 3.8) is 0 Å². The lowest BCUT2D eigenvalue weighted by Gasteiger charge is -2.11. The van der Waals surface area contributed by atoms with Crippen LogP contribution in [-0.2, 0) is 13.0 Å². The quantitative estimate of drug-likeness (QED) is 0.568. The first kappa shape index (κ1) is 18.8. The monoisotopic (exact) mass is 456 g/mol. The van der Waals surface area contributed by atoms with E-state index in [1.165, 1.54) is 11.3 Å². The number of halogens is 1. The van der Waals surface area contributed by atoms with Crippen LogP contribution < -0.4 is 10.1 Å². The molecule has 28 heavy (non-hydrogen) atoms. The summed E-state index contributed by atoms with van der Waals surface area (Å²) in [4.78, 5) is 29.9. The molecule has 0 radical (unpaired) electrons. The number of aromatic nitrogens is 1. The largest absolute Gasteiger partial charge is 0.488 e. The predicted octanol–water partition coefficient (Wildman–Crippen LogP) is 5.26. The minimum absolute atomic E-state index is 0.108. The molecule has 1 N–H and O–H groups in total. The molecule has 7 heteroatoms. The van der Waals surface area contributed by atoms with Crippen LogP contribution in [-0.4, -0.2) is 16.7 Å². The maximum absolute atomic E-state index is 12.8. The number of carbonyl (C=O) groups excluding carboxylic acids is 2. The Morgan fingerprint density at radius 2 is 2.04 bits per heavy atom. The van der Waals surface area contributed by atoms with Gasteiger partial charge in [-0.3, -0.25) is 14.9 Å². The van der Waals surface area contributed by atoms with E-state index in [0.29, 0.717) is 34.3 Å². The van der Waals surface area contributed by atoms with Crippen molar-refractivity contribution in [2.45, 2.75) is 25.9 Å². The molecular formula is C21H17BrN2O3S. The van der Waals surface area contributed by atoms with Crippen LogP contribution in [0.3, 0.4) is 0 Å². The zero-order chi connectivity index (χ0) is 19.5. The predicted molar refractivity (Wildman–Crippen MR) is 112 cm³/mol. The number of ketones is 1. The Kier molecular flexibility index (Phi) is 5.54. The summed E-state index contributed by atoms with van der Waals surface area (Å²) in [6.45, 7) is 0.351. The van der Waals surface area contributed by atoms with E-state index in [9.17, 15) is 9.59 Å². The van der Waals surface area contributed by atoms with Crippen LogP contribution in [0.15, 0.2) is 53.0 Å². The van der Waals surface area contributed by atoms with Crippen LogP contribution >= 0.6 is 27.3 Å². The third-order valence-electron chi connectivity index (χ3n) is 4.40. The molecular weight excluding hydrogens is 440 g/mol. The van der Waals surface area contributed by atoms with Crippen molar-refractivity contribution in [2.24, 2.45) is 0 Å². The van der Waals surface area contributed by atoms with E-state index >= 15 is 0 Å². The number of aryl methyl sites for hydroxylation is 1. The molecule has 0 unspecified atom stereocenters. The van der Waals surface area contributed by atoms with Gasteiger partial charge in [0.25, 0.3) is 5.91 Å². The van der Waals surface area contributed by atoms with Gasteiger partial charge in [0.05, 0.1) is 16.1 Å². The van der Waals surface area contributed by atoms with E-state index in [1.54, 1.807) is 18.2 Å².